The number of hydrogen-bond donors (Lipinski definition) is 1. The first-order valence-electron chi connectivity index (χ1n) is 4.62. The molecule has 1 atom stereocenters. The molecule has 74 valence electrons. The summed E-state index contributed by atoms with van der Waals surface area (Å²) in [6.07, 6.45) is 1.56. The molecule has 0 fully saturated rings. The lowest BCUT2D eigenvalue weighted by Crippen LogP contribution is -2.07. The molecule has 0 heterocycles. The number of benzene rings is 1. The van der Waals surface area contributed by atoms with Crippen LogP contribution >= 0.6 is 0 Å². The van der Waals surface area contributed by atoms with Crippen molar-refractivity contribution >= 4 is 5.97 Å². The quantitative estimate of drug-likeness (QED) is 0.777. The Morgan fingerprint density at radius 2 is 2.36 bits per heavy atom. The number of aliphatic carboxylic acids is 1. The number of aryl methyl sites for hydroxylation is 1. The zero-order valence-corrected chi connectivity index (χ0v) is 7.99. The van der Waals surface area contributed by atoms with Gasteiger partial charge >= 0.3 is 5.97 Å². The van der Waals surface area contributed by atoms with E-state index in [0.717, 1.165) is 23.3 Å². The molecule has 0 radical (unpaired) electrons. The monoisotopic (exact) mass is 192 g/mol. The van der Waals surface area contributed by atoms with E-state index in [-0.39, 0.29) is 5.92 Å². The first kappa shape index (κ1) is 9.06. The molecule has 0 amide bonds. The lowest BCUT2D eigenvalue weighted by Gasteiger charge is -2.07. The summed E-state index contributed by atoms with van der Waals surface area (Å²) in [7, 11) is 1.59. The van der Waals surface area contributed by atoms with E-state index in [1.807, 2.05) is 18.2 Å². The maximum Gasteiger partial charge on any atom is 0.310 e. The summed E-state index contributed by atoms with van der Waals surface area (Å²) >= 11 is 0. The molecule has 0 spiro atoms. The van der Waals surface area contributed by atoms with E-state index in [9.17, 15) is 4.79 Å². The molecule has 3 heteroatoms. The summed E-state index contributed by atoms with van der Waals surface area (Å²) in [6, 6.07) is 5.67. The summed E-state index contributed by atoms with van der Waals surface area (Å²) < 4.78 is 5.07. The second-order valence-electron chi connectivity index (χ2n) is 3.49. The van der Waals surface area contributed by atoms with Gasteiger partial charge in [0.2, 0.25) is 0 Å². The molecule has 1 aromatic rings. The van der Waals surface area contributed by atoms with Crippen LogP contribution in [0.2, 0.25) is 0 Å². The van der Waals surface area contributed by atoms with E-state index >= 15 is 0 Å². The molecular weight excluding hydrogens is 180 g/mol. The van der Waals surface area contributed by atoms with Crippen molar-refractivity contribution < 1.29 is 14.6 Å². The van der Waals surface area contributed by atoms with E-state index < -0.39 is 5.97 Å². The zero-order valence-electron chi connectivity index (χ0n) is 7.99. The summed E-state index contributed by atoms with van der Waals surface area (Å²) in [5, 5.41) is 8.98. The van der Waals surface area contributed by atoms with Crippen molar-refractivity contribution in [3.63, 3.8) is 0 Å². The molecule has 2 rings (SSSR count). The van der Waals surface area contributed by atoms with Crippen LogP contribution in [-0.4, -0.2) is 18.2 Å². The van der Waals surface area contributed by atoms with E-state index in [2.05, 4.69) is 0 Å². The van der Waals surface area contributed by atoms with Gasteiger partial charge in [-0.15, -0.1) is 0 Å². The third-order valence-corrected chi connectivity index (χ3v) is 2.73. The predicted molar refractivity (Wildman–Crippen MR) is 51.7 cm³/mol. The minimum Gasteiger partial charge on any atom is -0.497 e. The van der Waals surface area contributed by atoms with E-state index in [4.69, 9.17) is 9.84 Å². The largest absolute Gasteiger partial charge is 0.497 e. The van der Waals surface area contributed by atoms with Gasteiger partial charge in [0, 0.05) is 0 Å². The highest BCUT2D eigenvalue weighted by atomic mass is 16.5. The van der Waals surface area contributed by atoms with Gasteiger partial charge < -0.3 is 9.84 Å². The number of rotatable bonds is 2. The van der Waals surface area contributed by atoms with Crippen LogP contribution in [0, 0.1) is 0 Å². The molecule has 0 saturated carbocycles. The Morgan fingerprint density at radius 3 is 3.00 bits per heavy atom. The number of carbonyl (C=O) groups is 1. The SMILES string of the molecule is COc1ccc2c(c1)[C@@H](C(=O)O)CC2. The fourth-order valence-corrected chi connectivity index (χ4v) is 1.96. The highest BCUT2D eigenvalue weighted by Crippen LogP contribution is 2.35. The molecule has 14 heavy (non-hydrogen) atoms. The number of carboxylic acid groups (broad SMARTS) is 1. The van der Waals surface area contributed by atoms with Crippen LogP contribution in [0.4, 0.5) is 0 Å². The van der Waals surface area contributed by atoms with Crippen molar-refractivity contribution in [2.24, 2.45) is 0 Å². The maximum atomic E-state index is 10.9. The molecule has 0 aliphatic heterocycles. The Morgan fingerprint density at radius 1 is 1.57 bits per heavy atom. The van der Waals surface area contributed by atoms with Gasteiger partial charge in [-0.3, -0.25) is 4.79 Å². The molecule has 1 aromatic carbocycles. The van der Waals surface area contributed by atoms with Crippen molar-refractivity contribution in [1.29, 1.82) is 0 Å². The van der Waals surface area contributed by atoms with Gasteiger partial charge in [0.15, 0.2) is 0 Å². The number of hydrogen-bond acceptors (Lipinski definition) is 2. The van der Waals surface area contributed by atoms with Crippen molar-refractivity contribution in [2.75, 3.05) is 7.11 Å². The summed E-state index contributed by atoms with van der Waals surface area (Å²) in [6.45, 7) is 0. The smallest absolute Gasteiger partial charge is 0.310 e. The highest BCUT2D eigenvalue weighted by Gasteiger charge is 2.28. The van der Waals surface area contributed by atoms with E-state index in [0.29, 0.717) is 6.42 Å². The van der Waals surface area contributed by atoms with E-state index in [1.54, 1.807) is 7.11 Å². The molecular formula is C11H12O3. The zero-order chi connectivity index (χ0) is 10.1. The first-order chi connectivity index (χ1) is 6.72. The average molecular weight is 192 g/mol. The molecule has 0 unspecified atom stereocenters. The van der Waals surface area contributed by atoms with Crippen LogP contribution in [0.25, 0.3) is 0 Å². The molecule has 1 aliphatic carbocycles. The van der Waals surface area contributed by atoms with Gasteiger partial charge in [0.05, 0.1) is 13.0 Å². The summed E-state index contributed by atoms with van der Waals surface area (Å²) in [5.41, 5.74) is 2.05. The Hall–Kier alpha value is -1.51. The van der Waals surface area contributed by atoms with E-state index in [1.165, 1.54) is 0 Å². The molecule has 0 aromatic heterocycles. The van der Waals surface area contributed by atoms with Crippen molar-refractivity contribution in [2.45, 2.75) is 18.8 Å². The van der Waals surface area contributed by atoms with Crippen LogP contribution in [0.5, 0.6) is 5.75 Å². The van der Waals surface area contributed by atoms with Crippen LogP contribution < -0.4 is 4.74 Å². The predicted octanol–water partition coefficient (Wildman–Crippen LogP) is 1.81. The minimum atomic E-state index is -0.739. The van der Waals surface area contributed by atoms with Crippen molar-refractivity contribution in [3.05, 3.63) is 29.3 Å². The lowest BCUT2D eigenvalue weighted by atomic mass is 10.0. The molecule has 1 aliphatic rings. The molecule has 0 bridgehead atoms. The fourth-order valence-electron chi connectivity index (χ4n) is 1.96. The molecule has 3 nitrogen and oxygen atoms in total. The average Bonchev–Trinajstić information content (AvgIpc) is 2.59. The molecule has 1 N–H and O–H groups in total. The summed E-state index contributed by atoms with van der Waals surface area (Å²) in [5.74, 6) is -0.353. The Labute approximate surface area is 82.3 Å². The van der Waals surface area contributed by atoms with Gasteiger partial charge in [-0.1, -0.05) is 6.07 Å². The van der Waals surface area contributed by atoms with Crippen LogP contribution in [0.15, 0.2) is 18.2 Å². The van der Waals surface area contributed by atoms with Crippen LogP contribution in [0.3, 0.4) is 0 Å². The highest BCUT2D eigenvalue weighted by molar-refractivity contribution is 5.78. The Bertz CT molecular complexity index is 371. The van der Waals surface area contributed by atoms with Gasteiger partial charge in [-0.05, 0) is 36.1 Å². The minimum absolute atomic E-state index is 0.347. The second kappa shape index (κ2) is 3.33. The van der Waals surface area contributed by atoms with Gasteiger partial charge in [-0.25, -0.2) is 0 Å². The van der Waals surface area contributed by atoms with Gasteiger partial charge in [0.1, 0.15) is 5.75 Å². The number of methoxy groups -OCH3 is 1. The Kier molecular flexibility index (Phi) is 2.15. The fraction of sp³-hybridized carbons (Fsp3) is 0.364. The standard InChI is InChI=1S/C11H12O3/c1-14-8-4-2-7-3-5-9(11(12)13)10(7)6-8/h2,4,6,9H,3,5H2,1H3,(H,12,13)/t9-/m0/s1. The van der Waals surface area contributed by atoms with Crippen molar-refractivity contribution in [1.82, 2.24) is 0 Å². The molecule has 0 saturated heterocycles. The normalized spacial score (nSPS) is 19.1. The van der Waals surface area contributed by atoms with Gasteiger partial charge in [0.25, 0.3) is 0 Å². The number of carboxylic acids is 1. The second-order valence-corrected chi connectivity index (χ2v) is 3.49. The van der Waals surface area contributed by atoms with Crippen LogP contribution in [0.1, 0.15) is 23.5 Å². The number of fused-ring (bicyclic) bond motifs is 1. The van der Waals surface area contributed by atoms with Gasteiger partial charge in [-0.2, -0.15) is 0 Å². The van der Waals surface area contributed by atoms with Crippen molar-refractivity contribution in [3.8, 4) is 5.75 Å². The Balaban J connectivity index is 2.41. The first-order valence-corrected chi connectivity index (χ1v) is 4.62. The lowest BCUT2D eigenvalue weighted by molar-refractivity contribution is -0.138. The topological polar surface area (TPSA) is 46.5 Å². The van der Waals surface area contributed by atoms with Crippen LogP contribution in [-0.2, 0) is 11.2 Å². The summed E-state index contributed by atoms with van der Waals surface area (Å²) in [4.78, 5) is 10.9. The third kappa shape index (κ3) is 1.35. The maximum absolute atomic E-state index is 10.9. The third-order valence-electron chi connectivity index (χ3n) is 2.73. The number of ether oxygens (including phenoxy) is 1.